The number of benzene rings is 3. The molecule has 24 heavy (non-hydrogen) atoms. The lowest BCUT2D eigenvalue weighted by atomic mass is 10.1. The molecule has 0 saturated carbocycles. The van der Waals surface area contributed by atoms with Crippen molar-refractivity contribution in [3.63, 3.8) is 0 Å². The van der Waals surface area contributed by atoms with Gasteiger partial charge in [-0.3, -0.25) is 0 Å². The molecule has 4 heteroatoms. The Labute approximate surface area is 139 Å². The van der Waals surface area contributed by atoms with Crippen LogP contribution in [-0.2, 0) is 11.2 Å². The third-order valence-corrected chi connectivity index (χ3v) is 3.81. The lowest BCUT2D eigenvalue weighted by Crippen LogP contribution is -2.24. The van der Waals surface area contributed by atoms with E-state index in [1.54, 1.807) is 24.3 Å². The highest BCUT2D eigenvalue weighted by Gasteiger charge is 2.16. The van der Waals surface area contributed by atoms with Crippen molar-refractivity contribution >= 4 is 16.7 Å². The van der Waals surface area contributed by atoms with Gasteiger partial charge < -0.3 is 9.84 Å². The van der Waals surface area contributed by atoms with Crippen molar-refractivity contribution in [1.82, 2.24) is 0 Å². The highest BCUT2D eigenvalue weighted by atomic mass is 19.1. The molecule has 0 aliphatic heterocycles. The summed E-state index contributed by atoms with van der Waals surface area (Å²) in [5, 5.41) is 11.4. The topological polar surface area (TPSA) is 46.5 Å². The second kappa shape index (κ2) is 7.23. The van der Waals surface area contributed by atoms with Crippen LogP contribution in [0.15, 0.2) is 66.7 Å². The standard InChI is InChI=1S/C20H17FO3/c21-18-7-3-4-14(10-18)11-19(13-22)24-20(23)17-9-8-15-5-1-2-6-16(15)12-17/h1-10,12,19,22H,11,13H2/t19-/m1/s1. The van der Waals surface area contributed by atoms with Crippen molar-refractivity contribution < 1.29 is 19.0 Å². The van der Waals surface area contributed by atoms with Gasteiger partial charge in [-0.2, -0.15) is 0 Å². The number of ether oxygens (including phenoxy) is 1. The van der Waals surface area contributed by atoms with E-state index in [2.05, 4.69) is 0 Å². The smallest absolute Gasteiger partial charge is 0.338 e. The molecular weight excluding hydrogens is 307 g/mol. The Kier molecular flexibility index (Phi) is 4.87. The summed E-state index contributed by atoms with van der Waals surface area (Å²) in [7, 11) is 0. The normalized spacial score (nSPS) is 12.1. The van der Waals surface area contributed by atoms with E-state index in [9.17, 15) is 14.3 Å². The van der Waals surface area contributed by atoms with Crippen molar-refractivity contribution in [2.45, 2.75) is 12.5 Å². The minimum absolute atomic E-state index is 0.258. The maximum absolute atomic E-state index is 13.2. The van der Waals surface area contributed by atoms with Gasteiger partial charge in [0.2, 0.25) is 0 Å². The van der Waals surface area contributed by atoms with E-state index in [-0.39, 0.29) is 18.8 Å². The first-order valence-corrected chi connectivity index (χ1v) is 7.71. The fourth-order valence-corrected chi connectivity index (χ4v) is 2.61. The Morgan fingerprint density at radius 1 is 1.00 bits per heavy atom. The van der Waals surface area contributed by atoms with Gasteiger partial charge in [0.1, 0.15) is 11.9 Å². The first kappa shape index (κ1) is 16.1. The van der Waals surface area contributed by atoms with Crippen LogP contribution in [0.1, 0.15) is 15.9 Å². The summed E-state index contributed by atoms with van der Waals surface area (Å²) in [5.41, 5.74) is 1.09. The number of carbonyl (C=O) groups is 1. The number of carbonyl (C=O) groups excluding carboxylic acids is 1. The summed E-state index contributed by atoms with van der Waals surface area (Å²) in [6.07, 6.45) is -0.459. The SMILES string of the molecule is O=C(O[C@@H](CO)Cc1cccc(F)c1)c1ccc2ccccc2c1. The molecule has 0 heterocycles. The van der Waals surface area contributed by atoms with Crippen LogP contribution in [0.5, 0.6) is 0 Å². The molecular formula is C20H17FO3. The molecule has 3 nitrogen and oxygen atoms in total. The van der Waals surface area contributed by atoms with Gasteiger partial charge in [-0.1, -0.05) is 42.5 Å². The molecule has 0 aromatic heterocycles. The maximum Gasteiger partial charge on any atom is 0.338 e. The zero-order chi connectivity index (χ0) is 16.9. The molecule has 0 fully saturated rings. The highest BCUT2D eigenvalue weighted by molar-refractivity contribution is 5.95. The zero-order valence-corrected chi connectivity index (χ0v) is 13.0. The van der Waals surface area contributed by atoms with Gasteiger partial charge in [0, 0.05) is 6.42 Å². The van der Waals surface area contributed by atoms with Gasteiger partial charge in [-0.05, 0) is 40.6 Å². The zero-order valence-electron chi connectivity index (χ0n) is 13.0. The second-order valence-electron chi connectivity index (χ2n) is 5.61. The maximum atomic E-state index is 13.2. The number of aliphatic hydroxyl groups excluding tert-OH is 1. The number of rotatable bonds is 5. The summed E-state index contributed by atoms with van der Waals surface area (Å²) in [5.74, 6) is -0.860. The van der Waals surface area contributed by atoms with Crippen LogP contribution in [0.3, 0.4) is 0 Å². The summed E-state index contributed by atoms with van der Waals surface area (Å²) in [6, 6.07) is 19.1. The van der Waals surface area contributed by atoms with E-state index in [4.69, 9.17) is 4.74 Å². The van der Waals surface area contributed by atoms with Crippen LogP contribution in [0.2, 0.25) is 0 Å². The fourth-order valence-electron chi connectivity index (χ4n) is 2.61. The average Bonchev–Trinajstić information content (AvgIpc) is 2.60. The number of hydrogen-bond donors (Lipinski definition) is 1. The van der Waals surface area contributed by atoms with Gasteiger partial charge in [0.25, 0.3) is 0 Å². The van der Waals surface area contributed by atoms with E-state index in [1.165, 1.54) is 12.1 Å². The van der Waals surface area contributed by atoms with Crippen LogP contribution in [0, 0.1) is 5.82 Å². The summed E-state index contributed by atoms with van der Waals surface area (Å²) >= 11 is 0. The molecule has 3 rings (SSSR count). The lowest BCUT2D eigenvalue weighted by molar-refractivity contribution is 0.0142. The molecule has 0 aliphatic rings. The molecule has 122 valence electrons. The monoisotopic (exact) mass is 324 g/mol. The fraction of sp³-hybridized carbons (Fsp3) is 0.150. The van der Waals surface area contributed by atoms with Gasteiger partial charge in [-0.15, -0.1) is 0 Å². The van der Waals surface area contributed by atoms with Crippen molar-refractivity contribution in [2.75, 3.05) is 6.61 Å². The van der Waals surface area contributed by atoms with Crippen molar-refractivity contribution in [3.05, 3.63) is 83.7 Å². The number of hydrogen-bond acceptors (Lipinski definition) is 3. The first-order chi connectivity index (χ1) is 11.7. The number of esters is 1. The van der Waals surface area contributed by atoms with Crippen molar-refractivity contribution in [1.29, 1.82) is 0 Å². The third kappa shape index (κ3) is 3.78. The summed E-state index contributed by atoms with van der Waals surface area (Å²) in [6.45, 7) is -0.324. The number of fused-ring (bicyclic) bond motifs is 1. The van der Waals surface area contributed by atoms with E-state index in [1.807, 2.05) is 30.3 Å². The lowest BCUT2D eigenvalue weighted by Gasteiger charge is -2.16. The Bertz CT molecular complexity index is 860. The first-order valence-electron chi connectivity index (χ1n) is 7.71. The van der Waals surface area contributed by atoms with Crippen LogP contribution in [0.4, 0.5) is 4.39 Å². The minimum Gasteiger partial charge on any atom is -0.456 e. The second-order valence-corrected chi connectivity index (χ2v) is 5.61. The van der Waals surface area contributed by atoms with Crippen LogP contribution in [0.25, 0.3) is 10.8 Å². The molecule has 0 unspecified atom stereocenters. The Hall–Kier alpha value is -2.72. The quantitative estimate of drug-likeness (QED) is 0.727. The Morgan fingerprint density at radius 3 is 2.54 bits per heavy atom. The number of aliphatic hydroxyl groups is 1. The molecule has 0 amide bonds. The van der Waals surface area contributed by atoms with E-state index < -0.39 is 12.1 Å². The molecule has 0 spiro atoms. The van der Waals surface area contributed by atoms with Crippen molar-refractivity contribution in [2.24, 2.45) is 0 Å². The average molecular weight is 324 g/mol. The third-order valence-electron chi connectivity index (χ3n) is 3.81. The Morgan fingerprint density at radius 2 is 1.79 bits per heavy atom. The van der Waals surface area contributed by atoms with Crippen LogP contribution >= 0.6 is 0 Å². The van der Waals surface area contributed by atoms with Crippen LogP contribution in [-0.4, -0.2) is 23.8 Å². The van der Waals surface area contributed by atoms with Crippen molar-refractivity contribution in [3.8, 4) is 0 Å². The molecule has 1 atom stereocenters. The molecule has 3 aromatic rings. The number of halogens is 1. The largest absolute Gasteiger partial charge is 0.456 e. The van der Waals surface area contributed by atoms with Gasteiger partial charge in [0.05, 0.1) is 12.2 Å². The van der Waals surface area contributed by atoms with E-state index in [0.717, 1.165) is 10.8 Å². The van der Waals surface area contributed by atoms with E-state index in [0.29, 0.717) is 11.1 Å². The van der Waals surface area contributed by atoms with E-state index >= 15 is 0 Å². The Balaban J connectivity index is 1.73. The van der Waals surface area contributed by atoms with Crippen LogP contribution < -0.4 is 0 Å². The molecule has 3 aromatic carbocycles. The summed E-state index contributed by atoms with van der Waals surface area (Å²) < 4.78 is 18.6. The predicted molar refractivity (Wildman–Crippen MR) is 90.3 cm³/mol. The highest BCUT2D eigenvalue weighted by Crippen LogP contribution is 2.17. The molecule has 1 N–H and O–H groups in total. The molecule has 0 saturated heterocycles. The molecule has 0 radical (unpaired) electrons. The molecule has 0 aliphatic carbocycles. The predicted octanol–water partition coefficient (Wildman–Crippen LogP) is 3.74. The molecule has 0 bridgehead atoms. The van der Waals surface area contributed by atoms with Gasteiger partial charge >= 0.3 is 5.97 Å². The van der Waals surface area contributed by atoms with Gasteiger partial charge in [-0.25, -0.2) is 9.18 Å². The minimum atomic E-state index is -0.717. The van der Waals surface area contributed by atoms with Gasteiger partial charge in [0.15, 0.2) is 0 Å². The summed E-state index contributed by atoms with van der Waals surface area (Å²) in [4.78, 5) is 12.3.